The van der Waals surface area contributed by atoms with Gasteiger partial charge in [-0.3, -0.25) is 4.79 Å². The quantitative estimate of drug-likeness (QED) is 0.865. The van der Waals surface area contributed by atoms with Crippen LogP contribution in [0, 0.1) is 13.8 Å². The third-order valence-electron chi connectivity index (χ3n) is 5.27. The number of aromatic nitrogens is 2. The molecule has 2 fully saturated rings. The van der Waals surface area contributed by atoms with Gasteiger partial charge in [-0.25, -0.2) is 0 Å². The fourth-order valence-electron chi connectivity index (χ4n) is 3.29. The van der Waals surface area contributed by atoms with Crippen molar-refractivity contribution in [1.29, 1.82) is 0 Å². The van der Waals surface area contributed by atoms with Gasteiger partial charge in [0.25, 0.3) is 5.91 Å². The molecule has 1 aliphatic heterocycles. The Labute approximate surface area is 142 Å². The van der Waals surface area contributed by atoms with Crippen molar-refractivity contribution in [2.24, 2.45) is 0 Å². The summed E-state index contributed by atoms with van der Waals surface area (Å²) in [7, 11) is 0. The van der Waals surface area contributed by atoms with Gasteiger partial charge in [-0.2, -0.15) is 0 Å². The highest BCUT2D eigenvalue weighted by molar-refractivity contribution is 5.94. The molecule has 0 bridgehead atoms. The molecule has 4 rings (SSSR count). The Hall–Kier alpha value is -2.17. The highest BCUT2D eigenvalue weighted by Crippen LogP contribution is 2.40. The molecule has 2 heterocycles. The second kappa shape index (κ2) is 6.04. The first-order chi connectivity index (χ1) is 11.6. The van der Waals surface area contributed by atoms with E-state index >= 15 is 0 Å². The highest BCUT2D eigenvalue weighted by atomic mass is 16.4. The van der Waals surface area contributed by atoms with E-state index in [0.717, 1.165) is 48.8 Å². The zero-order valence-corrected chi connectivity index (χ0v) is 14.3. The van der Waals surface area contributed by atoms with Gasteiger partial charge < -0.3 is 9.32 Å². The SMILES string of the molecule is Cc1ccc(C(=O)N2CCC(c3nnc(C4CC4)o3)CC2)cc1C. The van der Waals surface area contributed by atoms with Crippen molar-refractivity contribution >= 4 is 5.91 Å². The fourth-order valence-corrected chi connectivity index (χ4v) is 3.29. The summed E-state index contributed by atoms with van der Waals surface area (Å²) in [4.78, 5) is 14.6. The predicted octanol–water partition coefficient (Wildman–Crippen LogP) is 3.58. The zero-order valence-electron chi connectivity index (χ0n) is 14.3. The summed E-state index contributed by atoms with van der Waals surface area (Å²) in [5.74, 6) is 2.47. The summed E-state index contributed by atoms with van der Waals surface area (Å²) in [6.45, 7) is 5.61. The number of carbonyl (C=O) groups excluding carboxylic acids is 1. The van der Waals surface area contributed by atoms with Gasteiger partial charge in [0.1, 0.15) is 0 Å². The molecule has 0 radical (unpaired) electrons. The number of hydrogen-bond acceptors (Lipinski definition) is 4. The molecule has 2 aliphatic rings. The van der Waals surface area contributed by atoms with Crippen LogP contribution >= 0.6 is 0 Å². The van der Waals surface area contributed by atoms with Gasteiger partial charge in [0, 0.05) is 30.5 Å². The molecule has 0 unspecified atom stereocenters. The maximum absolute atomic E-state index is 12.7. The van der Waals surface area contributed by atoms with Crippen LogP contribution in [0.1, 0.15) is 70.8 Å². The van der Waals surface area contributed by atoms with Crippen molar-refractivity contribution in [2.45, 2.75) is 51.4 Å². The molecular weight excluding hydrogens is 302 g/mol. The Kier molecular flexibility index (Phi) is 3.87. The van der Waals surface area contributed by atoms with Crippen LogP contribution in [0.3, 0.4) is 0 Å². The van der Waals surface area contributed by atoms with Gasteiger partial charge in [0.2, 0.25) is 11.8 Å². The highest BCUT2D eigenvalue weighted by Gasteiger charge is 2.32. The number of likely N-dealkylation sites (tertiary alicyclic amines) is 1. The Morgan fingerprint density at radius 3 is 2.21 bits per heavy atom. The molecule has 0 spiro atoms. The number of hydrogen-bond donors (Lipinski definition) is 0. The minimum Gasteiger partial charge on any atom is -0.425 e. The number of benzene rings is 1. The first-order valence-corrected chi connectivity index (χ1v) is 8.81. The van der Waals surface area contributed by atoms with Crippen LogP contribution < -0.4 is 0 Å². The van der Waals surface area contributed by atoms with Crippen LogP contribution in [0.5, 0.6) is 0 Å². The molecule has 1 aliphatic carbocycles. The van der Waals surface area contributed by atoms with E-state index < -0.39 is 0 Å². The summed E-state index contributed by atoms with van der Waals surface area (Å²) < 4.78 is 5.83. The van der Waals surface area contributed by atoms with Crippen molar-refractivity contribution in [3.05, 3.63) is 46.7 Å². The number of piperidine rings is 1. The lowest BCUT2D eigenvalue weighted by Gasteiger charge is -2.30. The number of nitrogens with zero attached hydrogens (tertiary/aromatic N) is 3. The van der Waals surface area contributed by atoms with Gasteiger partial charge in [0.15, 0.2) is 0 Å². The molecule has 5 heteroatoms. The third kappa shape index (κ3) is 2.95. The molecule has 1 aromatic carbocycles. The molecule has 5 nitrogen and oxygen atoms in total. The first kappa shape index (κ1) is 15.4. The van der Waals surface area contributed by atoms with Crippen molar-refractivity contribution < 1.29 is 9.21 Å². The zero-order chi connectivity index (χ0) is 16.7. The van der Waals surface area contributed by atoms with E-state index in [1.54, 1.807) is 0 Å². The molecule has 1 aromatic heterocycles. The molecule has 0 N–H and O–H groups in total. The number of amides is 1. The summed E-state index contributed by atoms with van der Waals surface area (Å²) >= 11 is 0. The number of carbonyl (C=O) groups is 1. The second-order valence-electron chi connectivity index (χ2n) is 7.12. The number of aryl methyl sites for hydroxylation is 2. The minimum atomic E-state index is 0.126. The van der Waals surface area contributed by atoms with Crippen LogP contribution in [-0.4, -0.2) is 34.1 Å². The Balaban J connectivity index is 1.39. The molecule has 0 atom stereocenters. The van der Waals surface area contributed by atoms with Crippen LogP contribution in [0.15, 0.2) is 22.6 Å². The van der Waals surface area contributed by atoms with Crippen LogP contribution in [0.25, 0.3) is 0 Å². The lowest BCUT2D eigenvalue weighted by molar-refractivity contribution is 0.0706. The van der Waals surface area contributed by atoms with E-state index in [-0.39, 0.29) is 11.8 Å². The van der Waals surface area contributed by atoms with E-state index in [2.05, 4.69) is 17.1 Å². The number of rotatable bonds is 3. The molecule has 1 saturated heterocycles. The van der Waals surface area contributed by atoms with Gasteiger partial charge in [-0.15, -0.1) is 10.2 Å². The second-order valence-corrected chi connectivity index (χ2v) is 7.12. The van der Waals surface area contributed by atoms with Crippen LogP contribution in [-0.2, 0) is 0 Å². The standard InChI is InChI=1S/C19H23N3O2/c1-12-3-4-16(11-13(12)2)19(23)22-9-7-15(8-10-22)18-21-20-17(24-18)14-5-6-14/h3-4,11,14-15H,5-10H2,1-2H3. The maximum atomic E-state index is 12.7. The topological polar surface area (TPSA) is 59.2 Å². The van der Waals surface area contributed by atoms with Gasteiger partial charge in [-0.1, -0.05) is 6.07 Å². The molecule has 2 aromatic rings. The summed E-state index contributed by atoms with van der Waals surface area (Å²) in [5.41, 5.74) is 3.16. The minimum absolute atomic E-state index is 0.126. The average Bonchev–Trinajstić information content (AvgIpc) is 3.34. The van der Waals surface area contributed by atoms with E-state index in [9.17, 15) is 4.79 Å². The average molecular weight is 325 g/mol. The lowest BCUT2D eigenvalue weighted by Crippen LogP contribution is -2.38. The monoisotopic (exact) mass is 325 g/mol. The fraction of sp³-hybridized carbons (Fsp3) is 0.526. The van der Waals surface area contributed by atoms with Crippen molar-refractivity contribution in [1.82, 2.24) is 15.1 Å². The molecule has 126 valence electrons. The normalized spacial score (nSPS) is 18.8. The van der Waals surface area contributed by atoms with E-state index in [0.29, 0.717) is 5.92 Å². The van der Waals surface area contributed by atoms with E-state index in [1.807, 2.05) is 30.0 Å². The predicted molar refractivity (Wildman–Crippen MR) is 90.1 cm³/mol. The van der Waals surface area contributed by atoms with Crippen LogP contribution in [0.2, 0.25) is 0 Å². The molecule has 1 amide bonds. The van der Waals surface area contributed by atoms with Gasteiger partial charge in [0.05, 0.1) is 0 Å². The van der Waals surface area contributed by atoms with Crippen molar-refractivity contribution in [3.8, 4) is 0 Å². The Morgan fingerprint density at radius 1 is 1.00 bits per heavy atom. The smallest absolute Gasteiger partial charge is 0.253 e. The molecule has 24 heavy (non-hydrogen) atoms. The van der Waals surface area contributed by atoms with Crippen molar-refractivity contribution in [3.63, 3.8) is 0 Å². The largest absolute Gasteiger partial charge is 0.425 e. The van der Waals surface area contributed by atoms with Gasteiger partial charge >= 0.3 is 0 Å². The maximum Gasteiger partial charge on any atom is 0.253 e. The third-order valence-corrected chi connectivity index (χ3v) is 5.27. The first-order valence-electron chi connectivity index (χ1n) is 8.81. The summed E-state index contributed by atoms with van der Waals surface area (Å²) in [6, 6.07) is 5.94. The van der Waals surface area contributed by atoms with Gasteiger partial charge in [-0.05, 0) is 62.8 Å². The molecule has 1 saturated carbocycles. The Bertz CT molecular complexity index is 756. The van der Waals surface area contributed by atoms with E-state index in [4.69, 9.17) is 4.42 Å². The lowest BCUT2D eigenvalue weighted by atomic mass is 9.96. The van der Waals surface area contributed by atoms with E-state index in [1.165, 1.54) is 18.4 Å². The molecular formula is C19H23N3O2. The van der Waals surface area contributed by atoms with Crippen molar-refractivity contribution in [2.75, 3.05) is 13.1 Å². The Morgan fingerprint density at radius 2 is 1.62 bits per heavy atom. The summed E-state index contributed by atoms with van der Waals surface area (Å²) in [5, 5.41) is 8.41. The summed E-state index contributed by atoms with van der Waals surface area (Å²) in [6.07, 6.45) is 4.13. The van der Waals surface area contributed by atoms with Crippen LogP contribution in [0.4, 0.5) is 0 Å².